The molecule has 0 unspecified atom stereocenters. The van der Waals surface area contributed by atoms with Crippen molar-refractivity contribution in [3.8, 4) is 0 Å². The smallest absolute Gasteiger partial charge is 0.227 e. The quantitative estimate of drug-likeness (QED) is 0.198. The Hall–Kier alpha value is -0.970. The van der Waals surface area contributed by atoms with Crippen LogP contribution in [0.3, 0.4) is 0 Å². The highest BCUT2D eigenvalue weighted by molar-refractivity contribution is 5.76. The molecule has 0 aromatic heterocycles. The maximum atomic E-state index is 5.33. The predicted molar refractivity (Wildman–Crippen MR) is 37.3 cm³/mol. The molecule has 54 valence electrons. The van der Waals surface area contributed by atoms with E-state index >= 15 is 0 Å². The number of nitrogens with zero attached hydrogens (tertiary/aromatic N) is 3. The van der Waals surface area contributed by atoms with Gasteiger partial charge in [-0.25, -0.2) is 5.84 Å². The van der Waals surface area contributed by atoms with Crippen molar-refractivity contribution in [3.63, 3.8) is 0 Å². The lowest BCUT2D eigenvalue weighted by Crippen LogP contribution is -2.40. The zero-order chi connectivity index (χ0) is 7.44. The van der Waals surface area contributed by atoms with Gasteiger partial charge < -0.3 is 5.73 Å². The number of hydrogen-bond donors (Lipinski definition) is 2. The van der Waals surface area contributed by atoms with Crippen LogP contribution < -0.4 is 11.6 Å². The van der Waals surface area contributed by atoms with Crippen LogP contribution in [0.5, 0.6) is 0 Å². The molecule has 0 bridgehead atoms. The SMILES string of the molecule is CN(C)/N=C(\N)N(C)N. The van der Waals surface area contributed by atoms with Crippen molar-refractivity contribution in [2.45, 2.75) is 0 Å². The fraction of sp³-hybridized carbons (Fsp3) is 0.750. The van der Waals surface area contributed by atoms with Crippen LogP contribution in [0.4, 0.5) is 0 Å². The molecule has 0 aromatic carbocycles. The first-order chi connectivity index (χ1) is 4.04. The van der Waals surface area contributed by atoms with Gasteiger partial charge in [0, 0.05) is 21.1 Å². The first kappa shape index (κ1) is 8.03. The summed E-state index contributed by atoms with van der Waals surface area (Å²) >= 11 is 0. The average Bonchev–Trinajstić information content (AvgIpc) is 1.63. The van der Waals surface area contributed by atoms with E-state index in [1.165, 1.54) is 5.01 Å². The van der Waals surface area contributed by atoms with Gasteiger partial charge in [-0.15, -0.1) is 5.10 Å². The van der Waals surface area contributed by atoms with E-state index in [9.17, 15) is 0 Å². The van der Waals surface area contributed by atoms with Crippen molar-refractivity contribution >= 4 is 5.96 Å². The monoisotopic (exact) mass is 131 g/mol. The highest BCUT2D eigenvalue weighted by Crippen LogP contribution is 1.75. The van der Waals surface area contributed by atoms with Crippen molar-refractivity contribution in [2.75, 3.05) is 21.1 Å². The molecule has 0 amide bonds. The summed E-state index contributed by atoms with van der Waals surface area (Å²) in [5, 5.41) is 6.64. The third-order valence-electron chi connectivity index (χ3n) is 0.664. The standard InChI is InChI=1S/C4H13N5/c1-8(2)7-4(5)9(3)6/h6H2,1-3H3,(H2,5,7). The van der Waals surface area contributed by atoms with Crippen LogP contribution in [-0.2, 0) is 0 Å². The normalized spacial score (nSPS) is 11.3. The highest BCUT2D eigenvalue weighted by Gasteiger charge is 1.92. The molecule has 5 nitrogen and oxygen atoms in total. The summed E-state index contributed by atoms with van der Waals surface area (Å²) in [6.45, 7) is 0. The Morgan fingerprint density at radius 3 is 1.89 bits per heavy atom. The van der Waals surface area contributed by atoms with Crippen LogP contribution in [-0.4, -0.2) is 37.1 Å². The van der Waals surface area contributed by atoms with Crippen LogP contribution in [0.2, 0.25) is 0 Å². The number of guanidine groups is 1. The molecule has 0 saturated carbocycles. The summed E-state index contributed by atoms with van der Waals surface area (Å²) in [7, 11) is 5.18. The van der Waals surface area contributed by atoms with Gasteiger partial charge in [0.05, 0.1) is 0 Å². The molecule has 0 aliphatic carbocycles. The van der Waals surface area contributed by atoms with E-state index in [1.807, 2.05) is 0 Å². The maximum absolute atomic E-state index is 5.33. The lowest BCUT2D eigenvalue weighted by Gasteiger charge is -2.12. The Morgan fingerprint density at radius 1 is 1.33 bits per heavy atom. The third kappa shape index (κ3) is 3.60. The van der Waals surface area contributed by atoms with Crippen LogP contribution in [0, 0.1) is 0 Å². The molecule has 5 heteroatoms. The van der Waals surface area contributed by atoms with Crippen LogP contribution in [0.25, 0.3) is 0 Å². The van der Waals surface area contributed by atoms with E-state index < -0.39 is 0 Å². The number of hydrazone groups is 1. The molecule has 0 aliphatic rings. The molecular weight excluding hydrogens is 118 g/mol. The minimum atomic E-state index is 0.292. The van der Waals surface area contributed by atoms with Gasteiger partial charge in [-0.2, -0.15) is 0 Å². The van der Waals surface area contributed by atoms with E-state index in [-0.39, 0.29) is 0 Å². The van der Waals surface area contributed by atoms with Crippen LogP contribution >= 0.6 is 0 Å². The Balaban J connectivity index is 3.84. The van der Waals surface area contributed by atoms with E-state index in [0.29, 0.717) is 5.96 Å². The molecule has 0 aromatic rings. The van der Waals surface area contributed by atoms with Gasteiger partial charge >= 0.3 is 0 Å². The van der Waals surface area contributed by atoms with Crippen LogP contribution in [0.1, 0.15) is 0 Å². The summed E-state index contributed by atoms with van der Waals surface area (Å²) < 4.78 is 0. The van der Waals surface area contributed by atoms with E-state index in [1.54, 1.807) is 26.2 Å². The Kier molecular flexibility index (Phi) is 2.80. The lowest BCUT2D eigenvalue weighted by atomic mass is 10.9. The first-order valence-electron chi connectivity index (χ1n) is 2.54. The molecule has 0 atom stereocenters. The van der Waals surface area contributed by atoms with Crippen molar-refractivity contribution in [1.29, 1.82) is 0 Å². The van der Waals surface area contributed by atoms with Gasteiger partial charge in [-0.05, 0) is 0 Å². The number of hydrazine groups is 1. The van der Waals surface area contributed by atoms with E-state index in [4.69, 9.17) is 11.6 Å². The molecule has 0 rings (SSSR count). The summed E-state index contributed by atoms with van der Waals surface area (Å²) in [4.78, 5) is 0. The van der Waals surface area contributed by atoms with Crippen molar-refractivity contribution < 1.29 is 0 Å². The van der Waals surface area contributed by atoms with E-state index in [0.717, 1.165) is 0 Å². The van der Waals surface area contributed by atoms with E-state index in [2.05, 4.69) is 5.10 Å². The Labute approximate surface area is 54.9 Å². The molecule has 0 aliphatic heterocycles. The van der Waals surface area contributed by atoms with Gasteiger partial charge in [-0.1, -0.05) is 0 Å². The summed E-state index contributed by atoms with van der Waals surface area (Å²) in [6, 6.07) is 0. The van der Waals surface area contributed by atoms with Gasteiger partial charge in [0.1, 0.15) is 0 Å². The highest BCUT2D eigenvalue weighted by atomic mass is 15.5. The second kappa shape index (κ2) is 3.13. The van der Waals surface area contributed by atoms with Crippen molar-refractivity contribution in [1.82, 2.24) is 10.0 Å². The molecule has 4 N–H and O–H groups in total. The zero-order valence-electron chi connectivity index (χ0n) is 6.00. The Bertz CT molecular complexity index is 106. The van der Waals surface area contributed by atoms with Crippen LogP contribution in [0.15, 0.2) is 5.10 Å². The number of rotatable bonds is 1. The minimum Gasteiger partial charge on any atom is -0.367 e. The molecule has 9 heavy (non-hydrogen) atoms. The van der Waals surface area contributed by atoms with Crippen molar-refractivity contribution in [2.24, 2.45) is 16.7 Å². The molecular formula is C4H13N5. The molecule has 0 fully saturated rings. The average molecular weight is 131 g/mol. The summed E-state index contributed by atoms with van der Waals surface area (Å²) in [5.41, 5.74) is 5.33. The number of nitrogens with two attached hydrogens (primary N) is 2. The van der Waals surface area contributed by atoms with Crippen molar-refractivity contribution in [3.05, 3.63) is 0 Å². The second-order valence-electron chi connectivity index (χ2n) is 1.92. The van der Waals surface area contributed by atoms with Gasteiger partial charge in [0.15, 0.2) is 0 Å². The molecule has 0 radical (unpaired) electrons. The molecule has 0 saturated heterocycles. The summed E-state index contributed by atoms with van der Waals surface area (Å²) in [6.07, 6.45) is 0. The largest absolute Gasteiger partial charge is 0.367 e. The minimum absolute atomic E-state index is 0.292. The lowest BCUT2D eigenvalue weighted by molar-refractivity contribution is 0.413. The fourth-order valence-corrected chi connectivity index (χ4v) is 0.275. The summed E-state index contributed by atoms with van der Waals surface area (Å²) in [5.74, 6) is 5.53. The van der Waals surface area contributed by atoms with Gasteiger partial charge in [0.25, 0.3) is 0 Å². The Morgan fingerprint density at radius 2 is 1.78 bits per heavy atom. The molecule has 0 spiro atoms. The predicted octanol–water partition coefficient (Wildman–Crippen LogP) is -1.42. The number of hydrogen-bond acceptors (Lipinski definition) is 3. The van der Waals surface area contributed by atoms with Gasteiger partial charge in [0.2, 0.25) is 5.96 Å². The topological polar surface area (TPSA) is 70.9 Å². The van der Waals surface area contributed by atoms with Gasteiger partial charge in [-0.3, -0.25) is 10.0 Å². The fourth-order valence-electron chi connectivity index (χ4n) is 0.275. The second-order valence-corrected chi connectivity index (χ2v) is 1.92. The molecule has 0 heterocycles. The third-order valence-corrected chi connectivity index (χ3v) is 0.664. The zero-order valence-corrected chi connectivity index (χ0v) is 6.00. The maximum Gasteiger partial charge on any atom is 0.227 e. The first-order valence-corrected chi connectivity index (χ1v) is 2.54.